The van der Waals surface area contributed by atoms with Crippen molar-refractivity contribution in [1.29, 1.82) is 0 Å². The molecule has 0 aromatic carbocycles. The van der Waals surface area contributed by atoms with E-state index in [1.165, 1.54) is 29.6 Å². The first-order chi connectivity index (χ1) is 16.1. The second kappa shape index (κ2) is 9.25. The topological polar surface area (TPSA) is 124 Å². The molecule has 2 N–H and O–H groups in total. The lowest BCUT2D eigenvalue weighted by Crippen LogP contribution is -2.34. The van der Waals surface area contributed by atoms with Gasteiger partial charge in [-0.1, -0.05) is 0 Å². The van der Waals surface area contributed by atoms with E-state index >= 15 is 0 Å². The number of nitrogen functional groups attached to an aromatic ring is 1. The number of nitrogens with zero attached hydrogens (tertiary/aromatic N) is 7. The van der Waals surface area contributed by atoms with Crippen LogP contribution in [-0.2, 0) is 12.7 Å². The lowest BCUT2D eigenvalue weighted by Gasteiger charge is -2.28. The fraction of sp³-hybridized carbons (Fsp3) is 0.190. The molecular weight excluding hydrogens is 517 g/mol. The van der Waals surface area contributed by atoms with E-state index in [-0.39, 0.29) is 23.6 Å². The molecule has 0 spiro atoms. The summed E-state index contributed by atoms with van der Waals surface area (Å²) in [5.74, 6) is 0.155. The highest BCUT2D eigenvalue weighted by atomic mass is 79.9. The van der Waals surface area contributed by atoms with E-state index in [0.29, 0.717) is 21.3 Å². The van der Waals surface area contributed by atoms with Crippen molar-refractivity contribution >= 4 is 38.7 Å². The number of hydrogen-bond acceptors (Lipinski definition) is 8. The van der Waals surface area contributed by atoms with Crippen molar-refractivity contribution in [3.05, 3.63) is 76.2 Å². The molecule has 34 heavy (non-hydrogen) atoms. The van der Waals surface area contributed by atoms with Crippen molar-refractivity contribution < 1.29 is 18.0 Å². The Morgan fingerprint density at radius 2 is 1.88 bits per heavy atom. The molecule has 0 aliphatic carbocycles. The minimum atomic E-state index is -4.62. The molecule has 0 aliphatic rings. The van der Waals surface area contributed by atoms with Gasteiger partial charge in [0.1, 0.15) is 11.6 Å². The monoisotopic (exact) mass is 532 g/mol. The molecule has 4 aromatic rings. The summed E-state index contributed by atoms with van der Waals surface area (Å²) in [6.07, 6.45) is -0.196. The molecule has 0 saturated carbocycles. The highest BCUT2D eigenvalue weighted by Crippen LogP contribution is 2.28. The number of carbonyl (C=O) groups excluding carboxylic acids is 1. The van der Waals surface area contributed by atoms with Crippen LogP contribution >= 0.6 is 15.9 Å². The number of fused-ring (bicyclic) bond motifs is 1. The normalized spacial score (nSPS) is 12.5. The summed E-state index contributed by atoms with van der Waals surface area (Å²) < 4.78 is 39.1. The zero-order valence-electron chi connectivity index (χ0n) is 17.5. The number of aromatic nitrogens is 6. The number of carbonyl (C=O) groups is 1. The van der Waals surface area contributed by atoms with E-state index in [1.54, 1.807) is 25.1 Å². The summed E-state index contributed by atoms with van der Waals surface area (Å²) in [5.41, 5.74) is 5.42. The van der Waals surface area contributed by atoms with Crippen molar-refractivity contribution in [1.82, 2.24) is 35.0 Å². The Kier molecular flexibility index (Phi) is 6.37. The second-order valence-electron chi connectivity index (χ2n) is 7.25. The van der Waals surface area contributed by atoms with Crippen LogP contribution in [0.15, 0.2) is 53.4 Å². The maximum Gasteiger partial charge on any atom is 0.435 e. The standard InChI is InChI=1S/C21H16BrF3N8O/c1-11(18-27-5-2-6-28-18)33(10-14-3-4-16(32-31-14)21(23,24)25)20(34)13-7-12-8-15(22)17(26)30-19(12)29-9-13/h2-9,11H,10H2,1H3,(H2,26,29,30). The van der Waals surface area contributed by atoms with Crippen LogP contribution in [0.4, 0.5) is 19.0 Å². The van der Waals surface area contributed by atoms with Crippen LogP contribution in [0.1, 0.15) is 40.5 Å². The Balaban J connectivity index is 1.70. The van der Waals surface area contributed by atoms with Crippen LogP contribution in [0.2, 0.25) is 0 Å². The number of amides is 1. The van der Waals surface area contributed by atoms with Gasteiger partial charge in [0.25, 0.3) is 5.91 Å². The highest BCUT2D eigenvalue weighted by Gasteiger charge is 2.33. The second-order valence-corrected chi connectivity index (χ2v) is 8.10. The first-order valence-electron chi connectivity index (χ1n) is 9.83. The number of anilines is 1. The molecule has 0 bridgehead atoms. The molecule has 0 saturated heterocycles. The Morgan fingerprint density at radius 1 is 1.15 bits per heavy atom. The molecular formula is C21H16BrF3N8O. The molecule has 4 heterocycles. The third-order valence-electron chi connectivity index (χ3n) is 4.93. The van der Waals surface area contributed by atoms with Crippen LogP contribution in [0.5, 0.6) is 0 Å². The molecule has 1 amide bonds. The van der Waals surface area contributed by atoms with Crippen molar-refractivity contribution in [3.63, 3.8) is 0 Å². The molecule has 1 atom stereocenters. The van der Waals surface area contributed by atoms with Gasteiger partial charge in [0.05, 0.1) is 28.3 Å². The van der Waals surface area contributed by atoms with Gasteiger partial charge in [-0.2, -0.15) is 18.3 Å². The molecule has 4 aromatic heterocycles. The average Bonchev–Trinajstić information content (AvgIpc) is 2.82. The molecule has 0 fully saturated rings. The third kappa shape index (κ3) is 4.93. The highest BCUT2D eigenvalue weighted by molar-refractivity contribution is 9.10. The SMILES string of the molecule is CC(c1ncccn1)N(Cc1ccc(C(F)(F)F)nn1)C(=O)c1cnc2nc(N)c(Br)cc2c1. The molecule has 174 valence electrons. The number of pyridine rings is 2. The van der Waals surface area contributed by atoms with Crippen molar-refractivity contribution in [2.45, 2.75) is 25.7 Å². The molecule has 0 radical (unpaired) electrons. The number of hydrogen-bond donors (Lipinski definition) is 1. The summed E-state index contributed by atoms with van der Waals surface area (Å²) in [7, 11) is 0. The summed E-state index contributed by atoms with van der Waals surface area (Å²) in [6.45, 7) is 1.57. The summed E-state index contributed by atoms with van der Waals surface area (Å²) in [5, 5.41) is 7.48. The first-order valence-corrected chi connectivity index (χ1v) is 10.6. The van der Waals surface area contributed by atoms with E-state index in [9.17, 15) is 18.0 Å². The minimum Gasteiger partial charge on any atom is -0.383 e. The van der Waals surface area contributed by atoms with Crippen molar-refractivity contribution in [2.24, 2.45) is 0 Å². The quantitative estimate of drug-likeness (QED) is 0.409. The van der Waals surface area contributed by atoms with Crippen molar-refractivity contribution in [2.75, 3.05) is 5.73 Å². The van der Waals surface area contributed by atoms with Gasteiger partial charge in [0.2, 0.25) is 0 Å². The van der Waals surface area contributed by atoms with Crippen molar-refractivity contribution in [3.8, 4) is 0 Å². The minimum absolute atomic E-state index is 0.134. The molecule has 1 unspecified atom stereocenters. The van der Waals surface area contributed by atoms with E-state index in [4.69, 9.17) is 5.73 Å². The summed E-state index contributed by atoms with van der Waals surface area (Å²) in [6, 6.07) is 6.29. The van der Waals surface area contributed by atoms with Crippen LogP contribution in [-0.4, -0.2) is 40.9 Å². The molecule has 9 nitrogen and oxygen atoms in total. The smallest absolute Gasteiger partial charge is 0.383 e. The Labute approximate surface area is 199 Å². The predicted molar refractivity (Wildman–Crippen MR) is 119 cm³/mol. The fourth-order valence-corrected chi connectivity index (χ4v) is 3.49. The van der Waals surface area contributed by atoms with Crippen LogP contribution in [0, 0.1) is 0 Å². The number of halogens is 4. The van der Waals surface area contributed by atoms with Crippen LogP contribution < -0.4 is 5.73 Å². The largest absolute Gasteiger partial charge is 0.435 e. The molecule has 0 aliphatic heterocycles. The zero-order chi connectivity index (χ0) is 24.5. The number of nitrogens with two attached hydrogens (primary N) is 1. The lowest BCUT2D eigenvalue weighted by atomic mass is 10.1. The van der Waals surface area contributed by atoms with E-state index in [2.05, 4.69) is 46.1 Å². The van der Waals surface area contributed by atoms with Gasteiger partial charge in [0.15, 0.2) is 11.3 Å². The van der Waals surface area contributed by atoms with Gasteiger partial charge in [-0.25, -0.2) is 19.9 Å². The van der Waals surface area contributed by atoms with Gasteiger partial charge in [-0.05, 0) is 53.2 Å². The number of rotatable bonds is 5. The maximum atomic E-state index is 13.5. The molecule has 13 heteroatoms. The molecule has 4 rings (SSSR count). The lowest BCUT2D eigenvalue weighted by molar-refractivity contribution is -0.141. The first kappa shape index (κ1) is 23.4. The summed E-state index contributed by atoms with van der Waals surface area (Å²) >= 11 is 3.30. The van der Waals surface area contributed by atoms with E-state index in [1.807, 2.05) is 0 Å². The predicted octanol–water partition coefficient (Wildman–Crippen LogP) is 3.98. The van der Waals surface area contributed by atoms with Gasteiger partial charge < -0.3 is 10.6 Å². The fourth-order valence-electron chi connectivity index (χ4n) is 3.16. The van der Waals surface area contributed by atoms with Gasteiger partial charge >= 0.3 is 6.18 Å². The zero-order valence-corrected chi connectivity index (χ0v) is 19.1. The maximum absolute atomic E-state index is 13.5. The van der Waals surface area contributed by atoms with Gasteiger partial charge in [-0.15, -0.1) is 5.10 Å². The number of alkyl halides is 3. The Hall–Kier alpha value is -3.74. The van der Waals surface area contributed by atoms with E-state index < -0.39 is 23.8 Å². The third-order valence-corrected chi connectivity index (χ3v) is 5.56. The average molecular weight is 533 g/mol. The van der Waals surface area contributed by atoms with Gasteiger partial charge in [0, 0.05) is 24.0 Å². The van der Waals surface area contributed by atoms with Crippen LogP contribution in [0.25, 0.3) is 11.0 Å². The Morgan fingerprint density at radius 3 is 2.53 bits per heavy atom. The van der Waals surface area contributed by atoms with Crippen LogP contribution in [0.3, 0.4) is 0 Å². The Bertz CT molecular complexity index is 1340. The van der Waals surface area contributed by atoms with E-state index in [0.717, 1.165) is 6.07 Å². The van der Waals surface area contributed by atoms with Gasteiger partial charge in [-0.3, -0.25) is 4.79 Å². The summed E-state index contributed by atoms with van der Waals surface area (Å²) in [4.78, 5) is 31.7.